The molecule has 0 saturated carbocycles. The van der Waals surface area contributed by atoms with Crippen molar-refractivity contribution in [3.63, 3.8) is 0 Å². The Morgan fingerprint density at radius 2 is 0.897 bits per heavy atom. The number of aliphatic hydroxyl groups excluding tert-OH is 5. The van der Waals surface area contributed by atoms with Crippen LogP contribution in [0.5, 0.6) is 0 Å². The fourth-order valence-corrected chi connectivity index (χ4v) is 9.64. The molecule has 78 heavy (non-hydrogen) atoms. The molecular weight excluding hydrogens is 979 g/mol. The van der Waals surface area contributed by atoms with Crippen LogP contribution in [-0.2, 0) is 23.8 Å². The summed E-state index contributed by atoms with van der Waals surface area (Å²) in [6, 6.07) is -0.830. The summed E-state index contributed by atoms with van der Waals surface area (Å²) in [6.07, 6.45) is 64.5. The lowest BCUT2D eigenvalue weighted by atomic mass is 9.99. The van der Waals surface area contributed by atoms with Crippen LogP contribution in [0.2, 0.25) is 0 Å². The molecule has 7 unspecified atom stereocenters. The van der Waals surface area contributed by atoms with Gasteiger partial charge >= 0.3 is 5.97 Å². The van der Waals surface area contributed by atoms with Crippen LogP contribution < -0.4 is 5.32 Å². The topological polar surface area (TPSA) is 175 Å². The first-order valence-corrected chi connectivity index (χ1v) is 32.2. The van der Waals surface area contributed by atoms with E-state index in [0.717, 1.165) is 89.9 Å². The van der Waals surface area contributed by atoms with Crippen LogP contribution in [0, 0.1) is 0 Å². The van der Waals surface area contributed by atoms with Crippen molar-refractivity contribution in [3.8, 4) is 0 Å². The van der Waals surface area contributed by atoms with E-state index in [-0.39, 0.29) is 18.5 Å². The van der Waals surface area contributed by atoms with Crippen molar-refractivity contribution in [2.45, 2.75) is 320 Å². The van der Waals surface area contributed by atoms with E-state index in [2.05, 4.69) is 79.9 Å². The highest BCUT2D eigenvalue weighted by atomic mass is 16.7. The molecule has 0 aromatic carbocycles. The van der Waals surface area contributed by atoms with Gasteiger partial charge in [0, 0.05) is 12.8 Å². The molecule has 0 radical (unpaired) electrons. The van der Waals surface area contributed by atoms with Crippen LogP contribution >= 0.6 is 0 Å². The summed E-state index contributed by atoms with van der Waals surface area (Å²) < 4.78 is 16.7. The summed E-state index contributed by atoms with van der Waals surface area (Å²) in [5.74, 6) is -0.213. The number of hydrogen-bond acceptors (Lipinski definition) is 10. The SMILES string of the molecule is CCC/C=C\C/C=C\CCCCCCCC(=O)OCCCCCCCCCCC/C=C\C/C=C\CCCCCCCCCCCCCC(=O)NC(COC1OC(CO)C(O)C(O)C1O)C(O)/C=C/CC/C=C/CCCCCC. The van der Waals surface area contributed by atoms with E-state index in [1.54, 1.807) is 6.08 Å². The van der Waals surface area contributed by atoms with E-state index in [0.29, 0.717) is 19.4 Å². The number of unbranched alkanes of at least 4 members (excludes halogenated alkanes) is 31. The van der Waals surface area contributed by atoms with Gasteiger partial charge in [-0.25, -0.2) is 0 Å². The van der Waals surface area contributed by atoms with Crippen molar-refractivity contribution in [1.29, 1.82) is 0 Å². The first kappa shape index (κ1) is 73.1. The van der Waals surface area contributed by atoms with Crippen molar-refractivity contribution >= 4 is 11.9 Å². The molecule has 7 atom stereocenters. The molecule has 1 fully saturated rings. The highest BCUT2D eigenvalue weighted by Crippen LogP contribution is 2.23. The van der Waals surface area contributed by atoms with Crippen molar-refractivity contribution in [1.82, 2.24) is 5.32 Å². The van der Waals surface area contributed by atoms with Gasteiger partial charge in [0.25, 0.3) is 0 Å². The summed E-state index contributed by atoms with van der Waals surface area (Å²) in [5, 5.41) is 54.2. The third kappa shape index (κ3) is 44.8. The van der Waals surface area contributed by atoms with E-state index < -0.39 is 49.5 Å². The molecule has 0 aromatic rings. The minimum absolute atomic E-state index is 0.0156. The molecule has 11 heteroatoms. The van der Waals surface area contributed by atoms with Gasteiger partial charge in [-0.15, -0.1) is 0 Å². The van der Waals surface area contributed by atoms with Gasteiger partial charge in [-0.05, 0) is 103 Å². The molecule has 6 N–H and O–H groups in total. The van der Waals surface area contributed by atoms with Crippen LogP contribution in [0.4, 0.5) is 0 Å². The van der Waals surface area contributed by atoms with E-state index in [4.69, 9.17) is 14.2 Å². The lowest BCUT2D eigenvalue weighted by molar-refractivity contribution is -0.302. The maximum atomic E-state index is 13.0. The maximum absolute atomic E-state index is 13.0. The van der Waals surface area contributed by atoms with E-state index in [1.165, 1.54) is 161 Å². The largest absolute Gasteiger partial charge is 0.466 e. The molecule has 0 spiro atoms. The van der Waals surface area contributed by atoms with Gasteiger partial charge in [-0.2, -0.15) is 0 Å². The Kier molecular flexibility index (Phi) is 52.5. The van der Waals surface area contributed by atoms with Crippen LogP contribution in [0.1, 0.15) is 277 Å². The van der Waals surface area contributed by atoms with Crippen LogP contribution in [-0.4, -0.2) is 100 Å². The molecule has 1 heterocycles. The number of amides is 1. The Hall–Kier alpha value is -2.90. The van der Waals surface area contributed by atoms with Crippen molar-refractivity contribution in [3.05, 3.63) is 72.9 Å². The number of carbonyl (C=O) groups is 2. The lowest BCUT2D eigenvalue weighted by Crippen LogP contribution is -2.60. The fraction of sp³-hybridized carbons (Fsp3) is 0.791. The van der Waals surface area contributed by atoms with Crippen molar-refractivity contribution in [2.75, 3.05) is 19.8 Å². The Morgan fingerprint density at radius 1 is 0.474 bits per heavy atom. The average molecular weight is 1100 g/mol. The Balaban J connectivity index is 2.00. The summed E-state index contributed by atoms with van der Waals surface area (Å²) in [5.41, 5.74) is 0. The zero-order valence-corrected chi connectivity index (χ0v) is 49.9. The van der Waals surface area contributed by atoms with Crippen molar-refractivity contribution in [2.24, 2.45) is 0 Å². The minimum atomic E-state index is -1.58. The number of ether oxygens (including phenoxy) is 3. The molecule has 1 aliphatic heterocycles. The predicted molar refractivity (Wildman–Crippen MR) is 324 cm³/mol. The molecule has 11 nitrogen and oxygen atoms in total. The first-order valence-electron chi connectivity index (χ1n) is 32.2. The number of allylic oxidation sites excluding steroid dienone is 11. The predicted octanol–water partition coefficient (Wildman–Crippen LogP) is 15.6. The Morgan fingerprint density at radius 3 is 1.40 bits per heavy atom. The molecule has 1 saturated heterocycles. The van der Waals surface area contributed by atoms with Crippen LogP contribution in [0.3, 0.4) is 0 Å². The molecule has 0 aromatic heterocycles. The van der Waals surface area contributed by atoms with Gasteiger partial charge < -0.3 is 45.1 Å². The third-order valence-corrected chi connectivity index (χ3v) is 14.7. The van der Waals surface area contributed by atoms with Gasteiger partial charge in [0.2, 0.25) is 5.91 Å². The number of hydrogen-bond donors (Lipinski definition) is 6. The summed E-state index contributed by atoms with van der Waals surface area (Å²) in [7, 11) is 0. The molecular formula is C67H119NO10. The summed E-state index contributed by atoms with van der Waals surface area (Å²) >= 11 is 0. The van der Waals surface area contributed by atoms with Crippen LogP contribution in [0.15, 0.2) is 72.9 Å². The monoisotopic (exact) mass is 1100 g/mol. The third-order valence-electron chi connectivity index (χ3n) is 14.7. The van der Waals surface area contributed by atoms with Gasteiger partial charge in [0.1, 0.15) is 24.4 Å². The molecule has 1 aliphatic rings. The second kappa shape index (κ2) is 56.0. The average Bonchev–Trinajstić information content (AvgIpc) is 3.46. The maximum Gasteiger partial charge on any atom is 0.305 e. The standard InChI is InChI=1S/C67H119NO10/c1-3-5-7-9-11-13-15-31-35-39-43-47-51-55-63(72)76-56-52-48-44-40-36-33-30-28-26-24-22-20-18-16-17-19-21-23-25-27-29-32-34-38-42-46-50-54-62(71)68-59(58-77-67-66(75)65(74)64(73)61(57-69)78-67)60(70)53-49-45-41-37-14-12-10-8-6-4-2/h7,9,13-17,20,22,37,49,53,59-61,64-67,69-70,73-75H,3-6,8,10-12,18-19,21,23-36,38-48,50-52,54-58H2,1-2H3,(H,68,71)/b9-7-,15-13-,17-16-,22-20-,37-14+,53-49+. The molecule has 452 valence electrons. The smallest absolute Gasteiger partial charge is 0.305 e. The zero-order chi connectivity index (χ0) is 56.6. The second-order valence-corrected chi connectivity index (χ2v) is 22.1. The number of aliphatic hydroxyl groups is 5. The second-order valence-electron chi connectivity index (χ2n) is 22.1. The number of rotatable bonds is 55. The number of esters is 1. The molecule has 0 aliphatic carbocycles. The number of nitrogens with one attached hydrogen (secondary N) is 1. The summed E-state index contributed by atoms with van der Waals surface area (Å²) in [6.45, 7) is 4.22. The Labute approximate surface area is 477 Å². The van der Waals surface area contributed by atoms with Crippen molar-refractivity contribution < 1.29 is 49.3 Å². The number of carbonyl (C=O) groups excluding carboxylic acids is 2. The highest BCUT2D eigenvalue weighted by Gasteiger charge is 2.44. The lowest BCUT2D eigenvalue weighted by Gasteiger charge is -2.40. The summed E-state index contributed by atoms with van der Waals surface area (Å²) in [4.78, 5) is 25.0. The highest BCUT2D eigenvalue weighted by molar-refractivity contribution is 5.76. The van der Waals surface area contributed by atoms with Crippen LogP contribution in [0.25, 0.3) is 0 Å². The van der Waals surface area contributed by atoms with E-state index in [1.807, 2.05) is 6.08 Å². The fourth-order valence-electron chi connectivity index (χ4n) is 9.64. The zero-order valence-electron chi connectivity index (χ0n) is 49.9. The molecule has 1 rings (SSSR count). The normalized spacial score (nSPS) is 19.0. The Bertz CT molecular complexity index is 1520. The first-order chi connectivity index (χ1) is 38.2. The minimum Gasteiger partial charge on any atom is -0.466 e. The quantitative estimate of drug-likeness (QED) is 0.0195. The van der Waals surface area contributed by atoms with Gasteiger partial charge in [-0.3, -0.25) is 9.59 Å². The molecule has 1 amide bonds. The van der Waals surface area contributed by atoms with E-state index >= 15 is 0 Å². The van der Waals surface area contributed by atoms with Gasteiger partial charge in [-0.1, -0.05) is 234 Å². The van der Waals surface area contributed by atoms with Gasteiger partial charge in [0.15, 0.2) is 6.29 Å². The van der Waals surface area contributed by atoms with E-state index in [9.17, 15) is 35.1 Å². The van der Waals surface area contributed by atoms with Gasteiger partial charge in [0.05, 0.1) is 32.0 Å². The molecule has 0 bridgehead atoms.